The van der Waals surface area contributed by atoms with Crippen molar-refractivity contribution in [3.63, 3.8) is 0 Å². The quantitative estimate of drug-likeness (QED) is 0.0216. The van der Waals surface area contributed by atoms with Gasteiger partial charge in [-0.2, -0.15) is 0 Å². The van der Waals surface area contributed by atoms with Crippen LogP contribution in [0.5, 0.6) is 0 Å². The minimum Gasteiger partial charge on any atom is -0.394 e. The van der Waals surface area contributed by atoms with Gasteiger partial charge in [-0.25, -0.2) is 0 Å². The molecule has 1 fully saturated rings. The summed E-state index contributed by atoms with van der Waals surface area (Å²) in [6.07, 6.45) is 39.0. The van der Waals surface area contributed by atoms with Crippen molar-refractivity contribution in [3.05, 3.63) is 36.5 Å². The van der Waals surface area contributed by atoms with Gasteiger partial charge in [0, 0.05) is 0 Å². The van der Waals surface area contributed by atoms with Crippen molar-refractivity contribution in [1.29, 1.82) is 0 Å². The van der Waals surface area contributed by atoms with Gasteiger partial charge in [-0.05, 0) is 64.2 Å². The average molecular weight is 910 g/mol. The largest absolute Gasteiger partial charge is 0.394 e. The fourth-order valence-corrected chi connectivity index (χ4v) is 8.30. The zero-order valence-electron chi connectivity index (χ0n) is 40.8. The van der Waals surface area contributed by atoms with E-state index < -0.39 is 74.2 Å². The Hall–Kier alpha value is -1.67. The third kappa shape index (κ3) is 31.3. The second-order valence-electron chi connectivity index (χ2n) is 18.6. The molecule has 1 saturated heterocycles. The molecule has 1 heterocycles. The lowest BCUT2D eigenvalue weighted by Gasteiger charge is -2.40. The van der Waals surface area contributed by atoms with E-state index >= 15 is 0 Å². The molecule has 9 atom stereocenters. The predicted octanol–water partition coefficient (Wildman–Crippen LogP) is 9.95. The van der Waals surface area contributed by atoms with Gasteiger partial charge in [-0.3, -0.25) is 4.79 Å². The van der Waals surface area contributed by atoms with Gasteiger partial charge in [0.15, 0.2) is 6.29 Å². The number of aliphatic hydroxyl groups excluding tert-OH is 7. The number of hydrogen-bond donors (Lipinski definition) is 8. The predicted molar refractivity (Wildman–Crippen MR) is 261 cm³/mol. The maximum atomic E-state index is 13.1. The molecule has 11 heteroatoms. The lowest BCUT2D eigenvalue weighted by Crippen LogP contribution is -2.60. The van der Waals surface area contributed by atoms with Crippen molar-refractivity contribution < 1.29 is 50.0 Å². The van der Waals surface area contributed by atoms with Crippen LogP contribution in [0.2, 0.25) is 0 Å². The highest BCUT2D eigenvalue weighted by molar-refractivity contribution is 5.80. The van der Waals surface area contributed by atoms with Crippen LogP contribution >= 0.6 is 0 Å². The molecule has 11 nitrogen and oxygen atoms in total. The van der Waals surface area contributed by atoms with Crippen molar-refractivity contribution in [2.45, 2.75) is 281 Å². The van der Waals surface area contributed by atoms with Gasteiger partial charge in [-0.15, -0.1) is 0 Å². The summed E-state index contributed by atoms with van der Waals surface area (Å²) in [5.74, 6) is -0.711. The summed E-state index contributed by atoms with van der Waals surface area (Å²) in [4.78, 5) is 13.1. The summed E-state index contributed by atoms with van der Waals surface area (Å²) in [6, 6.07) is -1.19. The number of aliphatic hydroxyl groups is 7. The van der Waals surface area contributed by atoms with Gasteiger partial charge >= 0.3 is 0 Å². The molecule has 1 amide bonds. The third-order valence-corrected chi connectivity index (χ3v) is 12.7. The summed E-state index contributed by atoms with van der Waals surface area (Å²) >= 11 is 0. The van der Waals surface area contributed by atoms with Crippen molar-refractivity contribution >= 4 is 5.91 Å². The lowest BCUT2D eigenvalue weighted by atomic mass is 9.98. The molecule has 0 aromatic carbocycles. The van der Waals surface area contributed by atoms with E-state index in [0.717, 1.165) is 44.9 Å². The molecule has 0 spiro atoms. The summed E-state index contributed by atoms with van der Waals surface area (Å²) in [5, 5.41) is 75.9. The number of allylic oxidation sites excluding steroid dienone is 6. The molecule has 8 N–H and O–H groups in total. The summed E-state index contributed by atoms with van der Waals surface area (Å²) in [5.41, 5.74) is 0. The molecule has 9 unspecified atom stereocenters. The monoisotopic (exact) mass is 910 g/mol. The molecule has 1 aliphatic rings. The Morgan fingerprint density at radius 3 is 1.39 bits per heavy atom. The van der Waals surface area contributed by atoms with Gasteiger partial charge in [0.1, 0.15) is 36.6 Å². The van der Waals surface area contributed by atoms with E-state index in [0.29, 0.717) is 19.3 Å². The van der Waals surface area contributed by atoms with Crippen molar-refractivity contribution in [1.82, 2.24) is 5.32 Å². The third-order valence-electron chi connectivity index (χ3n) is 12.7. The number of amides is 1. The van der Waals surface area contributed by atoms with Crippen molar-refractivity contribution in [2.75, 3.05) is 13.2 Å². The van der Waals surface area contributed by atoms with Crippen LogP contribution in [0.3, 0.4) is 0 Å². The summed E-state index contributed by atoms with van der Waals surface area (Å²) in [6.45, 7) is 3.43. The van der Waals surface area contributed by atoms with Crippen LogP contribution in [0.1, 0.15) is 226 Å². The first-order valence-corrected chi connectivity index (χ1v) is 26.4. The van der Waals surface area contributed by atoms with Crippen LogP contribution in [0.4, 0.5) is 0 Å². The number of hydrogen-bond acceptors (Lipinski definition) is 10. The highest BCUT2D eigenvalue weighted by atomic mass is 16.7. The zero-order chi connectivity index (χ0) is 46.9. The molecule has 0 aliphatic carbocycles. The Morgan fingerprint density at radius 2 is 0.938 bits per heavy atom. The fourth-order valence-electron chi connectivity index (χ4n) is 8.30. The SMILES string of the molecule is CCCCCCCC/C=C/CC/C=C/CC/C=C/CCCC(O)C(O)C(COC1OC(CO)C(O)C(O)C1O)NC(=O)C(O)CCCCCCCCCCCCCCCCCCCC. The second kappa shape index (κ2) is 42.7. The average Bonchev–Trinajstić information content (AvgIpc) is 3.29. The van der Waals surface area contributed by atoms with Crippen LogP contribution < -0.4 is 5.32 Å². The molecule has 1 aliphatic heterocycles. The topological polar surface area (TPSA) is 189 Å². The van der Waals surface area contributed by atoms with E-state index in [-0.39, 0.29) is 12.8 Å². The summed E-state index contributed by atoms with van der Waals surface area (Å²) < 4.78 is 11.1. The minimum atomic E-state index is -1.67. The Bertz CT molecular complexity index is 1130. The first-order valence-electron chi connectivity index (χ1n) is 26.4. The van der Waals surface area contributed by atoms with E-state index in [2.05, 4.69) is 55.6 Å². The molecule has 0 saturated carbocycles. The van der Waals surface area contributed by atoms with Crippen LogP contribution in [0.15, 0.2) is 36.5 Å². The number of nitrogens with one attached hydrogen (secondary N) is 1. The number of unbranched alkanes of at least 4 members (excludes halogenated alkanes) is 26. The van der Waals surface area contributed by atoms with E-state index in [4.69, 9.17) is 9.47 Å². The standard InChI is InChI=1S/C53H99NO10/c1-3-5-7-9-11-13-15-17-19-21-23-25-26-28-30-32-34-36-38-40-45(56)48(58)44(43-63-53-51(61)50(60)49(59)47(42-55)64-53)54-52(62)46(57)41-39-37-35-33-31-29-27-24-22-20-18-16-14-12-10-8-6-4-2/h17,19,25-26,32,34,44-51,53,55-61H,3-16,18,20-24,27-31,33,35-43H2,1-2H3,(H,54,62)/b19-17+,26-25+,34-32+. The molecule has 1 rings (SSSR count). The normalized spacial score (nSPS) is 21.3. The Kier molecular flexibility index (Phi) is 40.2. The van der Waals surface area contributed by atoms with E-state index in [9.17, 15) is 40.5 Å². The Morgan fingerprint density at radius 1 is 0.531 bits per heavy atom. The van der Waals surface area contributed by atoms with Gasteiger partial charge in [0.25, 0.3) is 0 Å². The second-order valence-corrected chi connectivity index (χ2v) is 18.6. The molecule has 0 aromatic heterocycles. The van der Waals surface area contributed by atoms with Crippen LogP contribution in [0.25, 0.3) is 0 Å². The maximum Gasteiger partial charge on any atom is 0.249 e. The molecule has 376 valence electrons. The molecule has 0 aromatic rings. The lowest BCUT2D eigenvalue weighted by molar-refractivity contribution is -0.303. The maximum absolute atomic E-state index is 13.1. The first kappa shape index (κ1) is 60.3. The fraction of sp³-hybridized carbons (Fsp3) is 0.868. The molecule has 64 heavy (non-hydrogen) atoms. The Balaban J connectivity index is 2.42. The number of carbonyl (C=O) groups excluding carboxylic acids is 1. The molecular formula is C53H99NO10. The first-order chi connectivity index (χ1) is 31.2. The van der Waals surface area contributed by atoms with Gasteiger partial charge in [0.05, 0.1) is 25.4 Å². The van der Waals surface area contributed by atoms with Crippen molar-refractivity contribution in [2.24, 2.45) is 0 Å². The van der Waals surface area contributed by atoms with Gasteiger partial charge in [0.2, 0.25) is 5.91 Å². The highest BCUT2D eigenvalue weighted by Crippen LogP contribution is 2.23. The van der Waals surface area contributed by atoms with Crippen molar-refractivity contribution in [3.8, 4) is 0 Å². The van der Waals surface area contributed by atoms with Gasteiger partial charge < -0.3 is 50.5 Å². The number of rotatable bonds is 44. The van der Waals surface area contributed by atoms with Crippen LogP contribution in [-0.2, 0) is 14.3 Å². The molecular weight excluding hydrogens is 811 g/mol. The molecule has 0 bridgehead atoms. The van der Waals surface area contributed by atoms with Crippen LogP contribution in [0, 0.1) is 0 Å². The summed E-state index contributed by atoms with van der Waals surface area (Å²) in [7, 11) is 0. The molecule has 0 radical (unpaired) electrons. The van der Waals surface area contributed by atoms with E-state index in [1.807, 2.05) is 0 Å². The minimum absolute atomic E-state index is 0.242. The smallest absolute Gasteiger partial charge is 0.249 e. The Labute approximate surface area is 390 Å². The van der Waals surface area contributed by atoms with Gasteiger partial charge in [-0.1, -0.05) is 198 Å². The number of carbonyl (C=O) groups is 1. The zero-order valence-corrected chi connectivity index (χ0v) is 40.8. The van der Waals surface area contributed by atoms with Crippen LogP contribution in [-0.4, -0.2) is 110 Å². The van der Waals surface area contributed by atoms with E-state index in [1.54, 1.807) is 0 Å². The van der Waals surface area contributed by atoms with E-state index in [1.165, 1.54) is 135 Å². The number of ether oxygens (including phenoxy) is 2. The highest BCUT2D eigenvalue weighted by Gasteiger charge is 2.44.